The van der Waals surface area contributed by atoms with Gasteiger partial charge >= 0.3 is 0 Å². The Hall–Kier alpha value is -2.84. The zero-order chi connectivity index (χ0) is 19.3. The first-order chi connectivity index (χ1) is 14.3. The number of aromatic nitrogens is 1. The summed E-state index contributed by atoms with van der Waals surface area (Å²) in [5, 5.41) is 8.17. The van der Waals surface area contributed by atoms with Crippen molar-refractivity contribution in [1.82, 2.24) is 4.57 Å². The van der Waals surface area contributed by atoms with Crippen LogP contribution in [0.3, 0.4) is 0 Å². The Morgan fingerprint density at radius 1 is 0.793 bits per heavy atom. The van der Waals surface area contributed by atoms with Crippen LogP contribution in [0, 0.1) is 5.92 Å². The van der Waals surface area contributed by atoms with Gasteiger partial charge in [0.05, 0.1) is 11.6 Å². The molecule has 2 heteroatoms. The summed E-state index contributed by atoms with van der Waals surface area (Å²) in [6.45, 7) is 2.34. The minimum absolute atomic E-state index is 0.318. The number of fused-ring (bicyclic) bond motifs is 9. The molecule has 0 saturated heterocycles. The number of benzene rings is 4. The second kappa shape index (κ2) is 5.40. The number of allylic oxidation sites excluding steroid dienone is 4. The molecule has 0 radical (unpaired) electrons. The summed E-state index contributed by atoms with van der Waals surface area (Å²) in [6.07, 6.45) is 6.90. The van der Waals surface area contributed by atoms with Gasteiger partial charge in [-0.25, -0.2) is 0 Å². The first-order valence-corrected chi connectivity index (χ1v) is 11.0. The molecule has 1 aromatic heterocycles. The van der Waals surface area contributed by atoms with Crippen molar-refractivity contribution in [2.75, 3.05) is 0 Å². The zero-order valence-corrected chi connectivity index (χ0v) is 17.6. The summed E-state index contributed by atoms with van der Waals surface area (Å²) in [7, 11) is 0. The highest BCUT2D eigenvalue weighted by atomic mass is 79.9. The average molecular weight is 436 g/mol. The van der Waals surface area contributed by atoms with Crippen LogP contribution in [0.25, 0.3) is 48.9 Å². The van der Waals surface area contributed by atoms with Gasteiger partial charge in [0.2, 0.25) is 0 Å². The van der Waals surface area contributed by atoms with Crippen molar-refractivity contribution in [1.29, 1.82) is 0 Å². The maximum atomic E-state index is 3.91. The molecule has 7 rings (SSSR count). The highest BCUT2D eigenvalue weighted by molar-refractivity contribution is 9.10. The van der Waals surface area contributed by atoms with Crippen molar-refractivity contribution >= 4 is 64.9 Å². The highest BCUT2D eigenvalue weighted by Crippen LogP contribution is 2.54. The van der Waals surface area contributed by atoms with Crippen molar-refractivity contribution < 1.29 is 0 Å². The van der Waals surface area contributed by atoms with E-state index in [1.165, 1.54) is 59.0 Å². The molecule has 2 unspecified atom stereocenters. The van der Waals surface area contributed by atoms with Gasteiger partial charge in [-0.2, -0.15) is 0 Å². The smallest absolute Gasteiger partial charge is 0.0658 e. The third kappa shape index (κ3) is 1.82. The summed E-state index contributed by atoms with van der Waals surface area (Å²) < 4.78 is 3.82. The first-order valence-electron chi connectivity index (χ1n) is 10.2. The zero-order valence-electron chi connectivity index (χ0n) is 16.0. The Balaban J connectivity index is 1.92. The Bertz CT molecular complexity index is 1580. The van der Waals surface area contributed by atoms with Crippen LogP contribution in [0.15, 0.2) is 83.4 Å². The van der Waals surface area contributed by atoms with Gasteiger partial charge in [-0.1, -0.05) is 89.6 Å². The van der Waals surface area contributed by atoms with Gasteiger partial charge in [0.15, 0.2) is 0 Å². The van der Waals surface area contributed by atoms with Gasteiger partial charge in [-0.15, -0.1) is 0 Å². The Labute approximate surface area is 177 Å². The van der Waals surface area contributed by atoms with Crippen LogP contribution < -0.4 is 0 Å². The molecule has 2 heterocycles. The molecule has 138 valence electrons. The highest BCUT2D eigenvalue weighted by Gasteiger charge is 2.35. The molecule has 1 aliphatic carbocycles. The molecule has 2 aliphatic rings. The summed E-state index contributed by atoms with van der Waals surface area (Å²) in [5.74, 6) is 0.441. The van der Waals surface area contributed by atoms with Crippen LogP contribution >= 0.6 is 15.9 Å². The molecule has 0 spiro atoms. The fraction of sp³-hybridized carbons (Fsp3) is 0.111. The molecular weight excluding hydrogens is 418 g/mol. The van der Waals surface area contributed by atoms with E-state index in [1.807, 2.05) is 0 Å². The molecule has 4 aromatic carbocycles. The lowest BCUT2D eigenvalue weighted by Gasteiger charge is -2.35. The predicted molar refractivity (Wildman–Crippen MR) is 127 cm³/mol. The monoisotopic (exact) mass is 435 g/mol. The second-order valence-corrected chi connectivity index (χ2v) is 9.17. The molecular formula is C27H18BrN. The quantitative estimate of drug-likeness (QED) is 0.217. The van der Waals surface area contributed by atoms with Gasteiger partial charge in [0.25, 0.3) is 0 Å². The fourth-order valence-corrected chi connectivity index (χ4v) is 6.32. The predicted octanol–water partition coefficient (Wildman–Crippen LogP) is 8.01. The molecule has 0 bridgehead atoms. The molecule has 1 nitrogen and oxygen atoms in total. The number of para-hydroxylation sites is 1. The fourth-order valence-electron chi connectivity index (χ4n) is 5.76. The van der Waals surface area contributed by atoms with Crippen molar-refractivity contribution in [3.63, 3.8) is 0 Å². The maximum absolute atomic E-state index is 3.91. The van der Waals surface area contributed by atoms with Crippen molar-refractivity contribution in [3.8, 4) is 0 Å². The molecule has 0 amide bonds. The summed E-state index contributed by atoms with van der Waals surface area (Å²) in [4.78, 5) is 0. The van der Waals surface area contributed by atoms with Crippen LogP contribution in [-0.4, -0.2) is 4.57 Å². The van der Waals surface area contributed by atoms with E-state index in [2.05, 4.69) is 106 Å². The molecule has 5 aromatic rings. The van der Waals surface area contributed by atoms with E-state index in [9.17, 15) is 0 Å². The third-order valence-electron chi connectivity index (χ3n) is 6.86. The Kier molecular flexibility index (Phi) is 2.98. The van der Waals surface area contributed by atoms with Crippen LogP contribution in [0.1, 0.15) is 18.5 Å². The van der Waals surface area contributed by atoms with E-state index in [0.717, 1.165) is 0 Å². The van der Waals surface area contributed by atoms with Crippen LogP contribution in [-0.2, 0) is 0 Å². The largest absolute Gasteiger partial charge is 0.332 e. The molecule has 0 saturated carbocycles. The summed E-state index contributed by atoms with van der Waals surface area (Å²) in [5.41, 5.74) is 5.52. The van der Waals surface area contributed by atoms with Crippen molar-refractivity contribution in [2.45, 2.75) is 13.0 Å². The molecule has 0 N–H and O–H groups in total. The van der Waals surface area contributed by atoms with Crippen molar-refractivity contribution in [3.05, 3.63) is 88.9 Å². The summed E-state index contributed by atoms with van der Waals surface area (Å²) in [6, 6.07) is 22.7. The molecule has 0 fully saturated rings. The van der Waals surface area contributed by atoms with Gasteiger partial charge in [-0.05, 0) is 39.8 Å². The molecule has 1 aliphatic heterocycles. The normalized spacial score (nSPS) is 20.1. The van der Waals surface area contributed by atoms with E-state index in [4.69, 9.17) is 0 Å². The number of rotatable bonds is 0. The average Bonchev–Trinajstić information content (AvgIpc) is 3.10. The Morgan fingerprint density at radius 3 is 2.38 bits per heavy atom. The van der Waals surface area contributed by atoms with Crippen LogP contribution in [0.2, 0.25) is 0 Å². The molecule has 2 atom stereocenters. The first kappa shape index (κ1) is 16.0. The van der Waals surface area contributed by atoms with Gasteiger partial charge in [0.1, 0.15) is 0 Å². The van der Waals surface area contributed by atoms with Gasteiger partial charge < -0.3 is 4.57 Å². The minimum Gasteiger partial charge on any atom is -0.332 e. The third-order valence-corrected chi connectivity index (χ3v) is 7.52. The minimum atomic E-state index is 0.318. The van der Waals surface area contributed by atoms with Crippen LogP contribution in [0.4, 0.5) is 0 Å². The maximum Gasteiger partial charge on any atom is 0.0658 e. The van der Waals surface area contributed by atoms with E-state index in [1.54, 1.807) is 0 Å². The lowest BCUT2D eigenvalue weighted by atomic mass is 9.80. The number of hydrogen-bond donors (Lipinski definition) is 0. The van der Waals surface area contributed by atoms with E-state index >= 15 is 0 Å². The number of nitrogens with zero attached hydrogens (tertiary/aromatic N) is 1. The molecule has 29 heavy (non-hydrogen) atoms. The SMILES string of the molecule is CC1C=CC=C2c3c(Br)ccc4c5ccccc5c5c6ccccc6n(c5c34)C21. The summed E-state index contributed by atoms with van der Waals surface area (Å²) >= 11 is 3.91. The topological polar surface area (TPSA) is 4.93 Å². The van der Waals surface area contributed by atoms with Gasteiger partial charge in [0, 0.05) is 31.7 Å². The number of hydrogen-bond acceptors (Lipinski definition) is 0. The van der Waals surface area contributed by atoms with E-state index < -0.39 is 0 Å². The number of halogens is 1. The Morgan fingerprint density at radius 2 is 1.52 bits per heavy atom. The standard InChI is InChI=1S/C27H18BrN/c1-15-7-6-11-20-24-21(28)14-13-18-16-8-2-3-9-17(16)23-19-10-4-5-12-22(19)29(26(15)20)27(23)25(18)24/h2-15,26H,1H3. The van der Waals surface area contributed by atoms with E-state index in [0.29, 0.717) is 12.0 Å². The second-order valence-electron chi connectivity index (χ2n) is 8.31. The lowest BCUT2D eigenvalue weighted by molar-refractivity contribution is 0.523. The van der Waals surface area contributed by atoms with Crippen LogP contribution in [0.5, 0.6) is 0 Å². The lowest BCUT2D eigenvalue weighted by Crippen LogP contribution is -2.22. The van der Waals surface area contributed by atoms with E-state index in [-0.39, 0.29) is 0 Å². The van der Waals surface area contributed by atoms with Gasteiger partial charge in [-0.3, -0.25) is 0 Å². The van der Waals surface area contributed by atoms with Crippen molar-refractivity contribution in [2.24, 2.45) is 5.92 Å².